The van der Waals surface area contributed by atoms with Crippen molar-refractivity contribution in [3.05, 3.63) is 64.9 Å². The Labute approximate surface area is 133 Å². The zero-order valence-electron chi connectivity index (χ0n) is 13.3. The van der Waals surface area contributed by atoms with Crippen LogP contribution in [0.15, 0.2) is 64.9 Å². The number of para-hydroxylation sites is 1. The Morgan fingerprint density at radius 1 is 1.14 bits per heavy atom. The molecule has 0 bridgehead atoms. The molecular weight excluding hydrogens is 268 g/mol. The summed E-state index contributed by atoms with van der Waals surface area (Å²) in [5.74, 6) is 0.670. The van der Waals surface area contributed by atoms with Crippen LogP contribution in [0.2, 0.25) is 0 Å². The van der Waals surface area contributed by atoms with Crippen LogP contribution in [0.1, 0.15) is 32.6 Å². The number of anilines is 1. The summed E-state index contributed by atoms with van der Waals surface area (Å²) in [6.45, 7) is 1.93. The summed E-state index contributed by atoms with van der Waals surface area (Å²) in [4.78, 5) is 2.28. The minimum absolute atomic E-state index is 0.670. The van der Waals surface area contributed by atoms with Gasteiger partial charge in [-0.1, -0.05) is 24.3 Å². The molecule has 112 valence electrons. The van der Waals surface area contributed by atoms with Crippen molar-refractivity contribution >= 4 is 5.69 Å². The van der Waals surface area contributed by atoms with Gasteiger partial charge in [0.2, 0.25) is 0 Å². The second kappa shape index (κ2) is 6.23. The number of fused-ring (bicyclic) bond motifs is 1. The normalized spacial score (nSPS) is 22.9. The highest BCUT2D eigenvalue weighted by Crippen LogP contribution is 2.39. The fourth-order valence-corrected chi connectivity index (χ4v) is 3.39. The van der Waals surface area contributed by atoms with Gasteiger partial charge in [-0.3, -0.25) is 0 Å². The molecule has 0 aliphatic heterocycles. The van der Waals surface area contributed by atoms with Crippen molar-refractivity contribution < 1.29 is 0 Å². The highest BCUT2D eigenvalue weighted by Gasteiger charge is 2.25. The van der Waals surface area contributed by atoms with E-state index in [1.807, 2.05) is 13.0 Å². The Morgan fingerprint density at radius 2 is 1.86 bits per heavy atom. The predicted octanol–water partition coefficient (Wildman–Crippen LogP) is 4.98. The van der Waals surface area contributed by atoms with E-state index in [1.165, 1.54) is 35.4 Å². The van der Waals surface area contributed by atoms with Crippen LogP contribution in [0, 0.1) is 17.2 Å². The van der Waals surface area contributed by atoms with Crippen molar-refractivity contribution in [2.24, 2.45) is 5.92 Å². The molecular formula is C20H22N2. The van der Waals surface area contributed by atoms with E-state index in [2.05, 4.69) is 54.4 Å². The molecule has 0 spiro atoms. The van der Waals surface area contributed by atoms with Gasteiger partial charge in [0.25, 0.3) is 0 Å². The van der Waals surface area contributed by atoms with Crippen LogP contribution in [0.4, 0.5) is 5.69 Å². The maximum atomic E-state index is 9.11. The van der Waals surface area contributed by atoms with Gasteiger partial charge in [0.1, 0.15) is 0 Å². The molecule has 1 atom stereocenters. The Bertz CT molecular complexity index is 686. The molecule has 0 amide bonds. The molecule has 0 N–H and O–H groups in total. The van der Waals surface area contributed by atoms with Crippen molar-refractivity contribution in [1.29, 1.82) is 5.26 Å². The van der Waals surface area contributed by atoms with Gasteiger partial charge in [-0.05, 0) is 67.9 Å². The third kappa shape index (κ3) is 2.85. The standard InChI is InChI=1S/C20H22N2/c1-15(14-21)17-9-8-16-10-11-20(13-18(16)12-17)22(2)19-6-4-3-5-7-19/h3-7,12-13,16H,8-11H2,1-2H3/b17-15-. The van der Waals surface area contributed by atoms with Gasteiger partial charge in [0, 0.05) is 24.0 Å². The second-order valence-electron chi connectivity index (χ2n) is 6.21. The summed E-state index contributed by atoms with van der Waals surface area (Å²) in [5, 5.41) is 9.11. The van der Waals surface area contributed by atoms with Gasteiger partial charge in [-0.15, -0.1) is 0 Å². The molecule has 0 heterocycles. The second-order valence-corrected chi connectivity index (χ2v) is 6.21. The van der Waals surface area contributed by atoms with Crippen molar-refractivity contribution in [2.75, 3.05) is 11.9 Å². The lowest BCUT2D eigenvalue weighted by molar-refractivity contribution is 0.495. The zero-order chi connectivity index (χ0) is 15.5. The van der Waals surface area contributed by atoms with E-state index in [9.17, 15) is 0 Å². The summed E-state index contributed by atoms with van der Waals surface area (Å²) >= 11 is 0. The Kier molecular flexibility index (Phi) is 4.15. The number of nitrogens with zero attached hydrogens (tertiary/aromatic N) is 2. The van der Waals surface area contributed by atoms with Gasteiger partial charge < -0.3 is 4.90 Å². The van der Waals surface area contributed by atoms with Crippen LogP contribution in [-0.2, 0) is 0 Å². The number of rotatable bonds is 2. The van der Waals surface area contributed by atoms with Gasteiger partial charge in [-0.25, -0.2) is 0 Å². The summed E-state index contributed by atoms with van der Waals surface area (Å²) in [7, 11) is 2.14. The van der Waals surface area contributed by atoms with Crippen molar-refractivity contribution in [2.45, 2.75) is 32.6 Å². The summed E-state index contributed by atoms with van der Waals surface area (Å²) in [5.41, 5.74) is 6.08. The van der Waals surface area contributed by atoms with E-state index in [4.69, 9.17) is 5.26 Å². The van der Waals surface area contributed by atoms with Gasteiger partial charge in [-0.2, -0.15) is 5.26 Å². The van der Waals surface area contributed by atoms with E-state index >= 15 is 0 Å². The maximum absolute atomic E-state index is 9.11. The first kappa shape index (κ1) is 14.7. The van der Waals surface area contributed by atoms with Crippen LogP contribution < -0.4 is 4.90 Å². The Hall–Kier alpha value is -2.27. The van der Waals surface area contributed by atoms with Crippen LogP contribution in [0.25, 0.3) is 0 Å². The summed E-state index contributed by atoms with van der Waals surface area (Å²) in [6.07, 6.45) is 9.16. The predicted molar refractivity (Wildman–Crippen MR) is 91.3 cm³/mol. The van der Waals surface area contributed by atoms with Crippen molar-refractivity contribution in [3.63, 3.8) is 0 Å². The quantitative estimate of drug-likeness (QED) is 0.718. The molecule has 0 radical (unpaired) electrons. The monoisotopic (exact) mass is 290 g/mol. The molecule has 2 heteroatoms. The molecule has 0 fully saturated rings. The lowest BCUT2D eigenvalue weighted by atomic mass is 9.78. The Morgan fingerprint density at radius 3 is 2.59 bits per heavy atom. The first-order valence-corrected chi connectivity index (χ1v) is 8.00. The zero-order valence-corrected chi connectivity index (χ0v) is 13.3. The number of nitriles is 1. The van der Waals surface area contributed by atoms with Gasteiger partial charge in [0.15, 0.2) is 0 Å². The molecule has 1 unspecified atom stereocenters. The molecule has 1 aromatic rings. The third-order valence-electron chi connectivity index (χ3n) is 4.88. The third-order valence-corrected chi connectivity index (χ3v) is 4.88. The fourth-order valence-electron chi connectivity index (χ4n) is 3.39. The van der Waals surface area contributed by atoms with Crippen LogP contribution in [0.5, 0.6) is 0 Å². The van der Waals surface area contributed by atoms with Crippen molar-refractivity contribution in [3.8, 4) is 6.07 Å². The molecule has 22 heavy (non-hydrogen) atoms. The lowest BCUT2D eigenvalue weighted by Crippen LogP contribution is -2.22. The SMILES string of the molecule is C/C(C#N)=C1/C=C2C=C(N(C)c3ccccc3)CCC2CC1. The van der Waals surface area contributed by atoms with Crippen molar-refractivity contribution in [1.82, 2.24) is 0 Å². The lowest BCUT2D eigenvalue weighted by Gasteiger charge is -2.33. The average molecular weight is 290 g/mol. The molecule has 1 aromatic carbocycles. The summed E-state index contributed by atoms with van der Waals surface area (Å²) in [6, 6.07) is 12.8. The number of allylic oxidation sites excluding steroid dienone is 6. The molecule has 0 saturated heterocycles. The highest BCUT2D eigenvalue weighted by molar-refractivity contribution is 5.54. The first-order chi connectivity index (χ1) is 10.7. The minimum Gasteiger partial charge on any atom is -0.348 e. The Balaban J connectivity index is 1.91. The molecule has 2 nitrogen and oxygen atoms in total. The minimum atomic E-state index is 0.670. The smallest absolute Gasteiger partial charge is 0.0946 e. The first-order valence-electron chi connectivity index (χ1n) is 8.00. The average Bonchev–Trinajstić information content (AvgIpc) is 2.60. The molecule has 3 rings (SSSR count). The van der Waals surface area contributed by atoms with E-state index in [0.29, 0.717) is 5.92 Å². The van der Waals surface area contributed by atoms with Crippen LogP contribution in [0.3, 0.4) is 0 Å². The number of hydrogen-bond acceptors (Lipinski definition) is 2. The fraction of sp³-hybridized carbons (Fsp3) is 0.350. The molecule has 0 saturated carbocycles. The molecule has 2 aliphatic rings. The number of benzene rings is 1. The number of hydrogen-bond donors (Lipinski definition) is 0. The van der Waals surface area contributed by atoms with E-state index in [-0.39, 0.29) is 0 Å². The van der Waals surface area contributed by atoms with Crippen LogP contribution in [-0.4, -0.2) is 7.05 Å². The van der Waals surface area contributed by atoms with Gasteiger partial charge >= 0.3 is 0 Å². The van der Waals surface area contributed by atoms with Gasteiger partial charge in [0.05, 0.1) is 6.07 Å². The summed E-state index contributed by atoms with van der Waals surface area (Å²) < 4.78 is 0. The van der Waals surface area contributed by atoms with E-state index < -0.39 is 0 Å². The molecule has 2 aliphatic carbocycles. The molecule has 0 aromatic heterocycles. The van der Waals surface area contributed by atoms with Crippen LogP contribution >= 0.6 is 0 Å². The highest BCUT2D eigenvalue weighted by atomic mass is 15.1. The topological polar surface area (TPSA) is 27.0 Å². The van der Waals surface area contributed by atoms with E-state index in [0.717, 1.165) is 18.4 Å². The maximum Gasteiger partial charge on any atom is 0.0946 e. The largest absolute Gasteiger partial charge is 0.348 e. The van der Waals surface area contributed by atoms with E-state index in [1.54, 1.807) is 0 Å².